The predicted octanol–water partition coefficient (Wildman–Crippen LogP) is 4.75. The van der Waals surface area contributed by atoms with E-state index < -0.39 is 12.5 Å². The quantitative estimate of drug-likeness (QED) is 0.360. The highest BCUT2D eigenvalue weighted by atomic mass is 79.9. The van der Waals surface area contributed by atoms with E-state index in [-0.39, 0.29) is 16.9 Å². The minimum atomic E-state index is -0.466. The molecular weight excluding hydrogens is 476 g/mol. The van der Waals surface area contributed by atoms with E-state index >= 15 is 0 Å². The number of amides is 1. The van der Waals surface area contributed by atoms with Crippen molar-refractivity contribution in [1.29, 1.82) is 0 Å². The van der Waals surface area contributed by atoms with Crippen LogP contribution < -0.4 is 25.8 Å². The van der Waals surface area contributed by atoms with Gasteiger partial charge in [-0.2, -0.15) is 0 Å². The zero-order valence-electron chi connectivity index (χ0n) is 17.1. The van der Waals surface area contributed by atoms with E-state index in [4.69, 9.17) is 13.9 Å². The van der Waals surface area contributed by atoms with Crippen LogP contribution in [0.4, 0.5) is 5.69 Å². The van der Waals surface area contributed by atoms with Crippen LogP contribution >= 0.6 is 15.9 Å². The monoisotopic (exact) mass is 494 g/mol. The number of hydrazine groups is 1. The molecule has 0 atom stereocenters. The Balaban J connectivity index is 1.62. The van der Waals surface area contributed by atoms with E-state index in [1.165, 1.54) is 7.11 Å². The zero-order valence-corrected chi connectivity index (χ0v) is 18.6. The lowest BCUT2D eigenvalue weighted by Gasteiger charge is -2.14. The number of para-hydroxylation sites is 2. The third-order valence-corrected chi connectivity index (χ3v) is 5.17. The Hall–Kier alpha value is -3.78. The van der Waals surface area contributed by atoms with Gasteiger partial charge in [0, 0.05) is 4.47 Å². The molecule has 7 nitrogen and oxygen atoms in total. The van der Waals surface area contributed by atoms with Crippen molar-refractivity contribution in [2.45, 2.75) is 0 Å². The molecule has 1 amide bonds. The minimum absolute atomic E-state index is 0.0630. The van der Waals surface area contributed by atoms with Crippen LogP contribution in [0.15, 0.2) is 86.5 Å². The molecule has 0 fully saturated rings. The maximum absolute atomic E-state index is 13.2. The fourth-order valence-corrected chi connectivity index (χ4v) is 3.38. The van der Waals surface area contributed by atoms with Gasteiger partial charge in [0.1, 0.15) is 11.3 Å². The predicted molar refractivity (Wildman–Crippen MR) is 126 cm³/mol. The second-order valence-corrected chi connectivity index (χ2v) is 7.67. The summed E-state index contributed by atoms with van der Waals surface area (Å²) in [6.07, 6.45) is 0. The molecule has 4 aromatic rings. The number of nitrogens with one attached hydrogen (secondary N) is 2. The van der Waals surface area contributed by atoms with E-state index in [9.17, 15) is 9.59 Å². The standard InChI is InChI=1S/C24H19BrN2O5/c1-30-19-8-4-3-7-18(19)23-24(22(29)17-6-2-5-9-20(17)32-23)31-14-21(28)27-26-16-12-10-15(25)11-13-16/h2-13,26H,14H2,1H3,(H,27,28). The van der Waals surface area contributed by atoms with Gasteiger partial charge in [-0.05, 0) is 48.5 Å². The number of methoxy groups -OCH3 is 1. The number of ether oxygens (including phenoxy) is 2. The maximum atomic E-state index is 13.2. The highest BCUT2D eigenvalue weighted by Crippen LogP contribution is 2.36. The molecule has 0 spiro atoms. The van der Waals surface area contributed by atoms with Crippen molar-refractivity contribution >= 4 is 38.5 Å². The highest BCUT2D eigenvalue weighted by molar-refractivity contribution is 9.10. The second-order valence-electron chi connectivity index (χ2n) is 6.75. The van der Waals surface area contributed by atoms with Crippen molar-refractivity contribution in [1.82, 2.24) is 5.43 Å². The minimum Gasteiger partial charge on any atom is -0.496 e. The largest absolute Gasteiger partial charge is 0.496 e. The van der Waals surface area contributed by atoms with Gasteiger partial charge < -0.3 is 13.9 Å². The highest BCUT2D eigenvalue weighted by Gasteiger charge is 2.21. The van der Waals surface area contributed by atoms with E-state index in [0.29, 0.717) is 28.0 Å². The number of hydrogen-bond donors (Lipinski definition) is 2. The summed E-state index contributed by atoms with van der Waals surface area (Å²) in [5.41, 5.74) is 6.61. The van der Waals surface area contributed by atoms with E-state index in [0.717, 1.165) is 4.47 Å². The summed E-state index contributed by atoms with van der Waals surface area (Å²) in [5, 5.41) is 0.356. The van der Waals surface area contributed by atoms with Crippen molar-refractivity contribution in [3.63, 3.8) is 0 Å². The Bertz CT molecular complexity index is 1320. The van der Waals surface area contributed by atoms with Crippen LogP contribution in [0.1, 0.15) is 0 Å². The molecule has 0 bridgehead atoms. The molecule has 0 saturated heterocycles. The second kappa shape index (κ2) is 9.57. The van der Waals surface area contributed by atoms with Crippen molar-refractivity contribution in [3.05, 3.63) is 87.5 Å². The number of carbonyl (C=O) groups is 1. The molecule has 32 heavy (non-hydrogen) atoms. The molecule has 8 heteroatoms. The third kappa shape index (κ3) is 4.60. The summed E-state index contributed by atoms with van der Waals surface area (Å²) in [4.78, 5) is 25.5. The lowest BCUT2D eigenvalue weighted by Crippen LogP contribution is -2.34. The molecule has 0 saturated carbocycles. The number of anilines is 1. The van der Waals surface area contributed by atoms with Crippen LogP contribution in [0.5, 0.6) is 11.5 Å². The van der Waals surface area contributed by atoms with E-state index in [1.54, 1.807) is 54.6 Å². The smallest absolute Gasteiger partial charge is 0.276 e. The summed E-state index contributed by atoms with van der Waals surface area (Å²) in [6, 6.07) is 21.2. The molecular formula is C24H19BrN2O5. The number of fused-ring (bicyclic) bond motifs is 1. The van der Waals surface area contributed by atoms with Crippen LogP contribution in [0.3, 0.4) is 0 Å². The Labute approximate surface area is 192 Å². The van der Waals surface area contributed by atoms with E-state index in [1.807, 2.05) is 18.2 Å². The molecule has 1 aromatic heterocycles. The molecule has 0 aliphatic rings. The third-order valence-electron chi connectivity index (χ3n) is 4.65. The Morgan fingerprint density at radius 1 is 1.00 bits per heavy atom. The zero-order chi connectivity index (χ0) is 22.5. The Kier molecular flexibility index (Phi) is 6.42. The van der Waals surface area contributed by atoms with Gasteiger partial charge in [0.25, 0.3) is 5.91 Å². The summed E-state index contributed by atoms with van der Waals surface area (Å²) >= 11 is 3.35. The summed E-state index contributed by atoms with van der Waals surface area (Å²) < 4.78 is 18.0. The van der Waals surface area contributed by atoms with Crippen LogP contribution in [0.2, 0.25) is 0 Å². The number of carbonyl (C=O) groups excluding carboxylic acids is 1. The average Bonchev–Trinajstić information content (AvgIpc) is 2.83. The van der Waals surface area contributed by atoms with Gasteiger partial charge in [0.15, 0.2) is 12.4 Å². The molecule has 0 aliphatic carbocycles. The normalized spacial score (nSPS) is 10.6. The van der Waals surface area contributed by atoms with Crippen LogP contribution in [-0.2, 0) is 4.79 Å². The molecule has 0 radical (unpaired) electrons. The molecule has 4 rings (SSSR count). The van der Waals surface area contributed by atoms with Gasteiger partial charge in [0.2, 0.25) is 11.2 Å². The fraction of sp³-hybridized carbons (Fsp3) is 0.0833. The first kappa shape index (κ1) is 21.5. The van der Waals surface area contributed by atoms with Crippen LogP contribution in [-0.4, -0.2) is 19.6 Å². The molecule has 0 aliphatic heterocycles. The van der Waals surface area contributed by atoms with E-state index in [2.05, 4.69) is 26.8 Å². The van der Waals surface area contributed by atoms with Gasteiger partial charge >= 0.3 is 0 Å². The van der Waals surface area contributed by atoms with Crippen LogP contribution in [0.25, 0.3) is 22.3 Å². The number of hydrogen-bond acceptors (Lipinski definition) is 6. The first-order valence-corrected chi connectivity index (χ1v) is 10.5. The number of benzene rings is 3. The van der Waals surface area contributed by atoms with Gasteiger partial charge in [0.05, 0.1) is 23.7 Å². The van der Waals surface area contributed by atoms with Crippen molar-refractivity contribution in [3.8, 4) is 22.8 Å². The van der Waals surface area contributed by atoms with Crippen molar-refractivity contribution in [2.24, 2.45) is 0 Å². The van der Waals surface area contributed by atoms with Crippen molar-refractivity contribution < 1.29 is 18.7 Å². The van der Waals surface area contributed by atoms with Crippen LogP contribution in [0, 0.1) is 0 Å². The SMILES string of the molecule is COc1ccccc1-c1oc2ccccc2c(=O)c1OCC(=O)NNc1ccc(Br)cc1. The van der Waals surface area contributed by atoms with Crippen molar-refractivity contribution in [2.75, 3.05) is 19.1 Å². The first-order valence-electron chi connectivity index (χ1n) is 9.69. The topological polar surface area (TPSA) is 89.8 Å². The van der Waals surface area contributed by atoms with Gasteiger partial charge in [-0.25, -0.2) is 0 Å². The lowest BCUT2D eigenvalue weighted by atomic mass is 10.1. The first-order chi connectivity index (χ1) is 15.6. The maximum Gasteiger partial charge on any atom is 0.276 e. The fourth-order valence-electron chi connectivity index (χ4n) is 3.11. The van der Waals surface area contributed by atoms with Gasteiger partial charge in [-0.1, -0.05) is 40.2 Å². The molecule has 2 N–H and O–H groups in total. The number of halogens is 1. The summed E-state index contributed by atoms with van der Waals surface area (Å²) in [6.45, 7) is -0.394. The lowest BCUT2D eigenvalue weighted by molar-refractivity contribution is -0.122. The van der Waals surface area contributed by atoms with Gasteiger partial charge in [-0.3, -0.25) is 20.4 Å². The Morgan fingerprint density at radius 2 is 1.72 bits per heavy atom. The number of rotatable bonds is 7. The Morgan fingerprint density at radius 3 is 2.50 bits per heavy atom. The molecule has 1 heterocycles. The average molecular weight is 495 g/mol. The molecule has 162 valence electrons. The van der Waals surface area contributed by atoms with Gasteiger partial charge in [-0.15, -0.1) is 0 Å². The molecule has 3 aromatic carbocycles. The summed E-state index contributed by atoms with van der Waals surface area (Å²) in [7, 11) is 1.53. The molecule has 0 unspecified atom stereocenters. The summed E-state index contributed by atoms with van der Waals surface area (Å²) in [5.74, 6) is 0.176.